The average Bonchev–Trinajstić information content (AvgIpc) is 2.60. The lowest BCUT2D eigenvalue weighted by Gasteiger charge is -2.06. The van der Waals surface area contributed by atoms with Gasteiger partial charge in [-0.05, 0) is 17.9 Å². The first-order valence-electron chi connectivity index (χ1n) is 4.48. The molecule has 72 valence electrons. The van der Waals surface area contributed by atoms with Gasteiger partial charge in [-0.25, -0.2) is 4.39 Å². The molecule has 1 nitrogen and oxygen atoms in total. The van der Waals surface area contributed by atoms with Crippen LogP contribution in [0.5, 0.6) is 0 Å². The van der Waals surface area contributed by atoms with Crippen LogP contribution in [0, 0.1) is 5.82 Å². The van der Waals surface area contributed by atoms with E-state index < -0.39 is 0 Å². The number of fused-ring (bicyclic) bond motifs is 1. The number of rotatable bonds is 3. The van der Waals surface area contributed by atoms with Crippen LogP contribution in [-0.2, 0) is 6.42 Å². The Hall–Kier alpha value is -1.22. The molecule has 14 heavy (non-hydrogen) atoms. The topological polar surface area (TPSA) is 12.0 Å². The van der Waals surface area contributed by atoms with Crippen molar-refractivity contribution in [2.45, 2.75) is 6.42 Å². The first kappa shape index (κ1) is 9.34. The third kappa shape index (κ3) is 1.55. The van der Waals surface area contributed by atoms with Crippen LogP contribution < -0.4 is 5.32 Å². The van der Waals surface area contributed by atoms with E-state index in [9.17, 15) is 4.39 Å². The quantitative estimate of drug-likeness (QED) is 0.763. The van der Waals surface area contributed by atoms with Gasteiger partial charge in [0.1, 0.15) is 5.82 Å². The maximum absolute atomic E-state index is 13.3. The first-order valence-corrected chi connectivity index (χ1v) is 4.95. The highest BCUT2D eigenvalue weighted by Gasteiger charge is 2.16. The van der Waals surface area contributed by atoms with E-state index in [-0.39, 0.29) is 5.82 Å². The van der Waals surface area contributed by atoms with Crippen molar-refractivity contribution in [3.05, 3.63) is 41.2 Å². The molecular weight excluding hydrogens is 197 g/mol. The highest BCUT2D eigenvalue weighted by Crippen LogP contribution is 2.26. The number of thiocarbonyl (C=S) groups is 1. The Kier molecular flexibility index (Phi) is 2.59. The number of benzene rings is 1. The summed E-state index contributed by atoms with van der Waals surface area (Å²) in [7, 11) is 0. The Morgan fingerprint density at radius 1 is 1.50 bits per heavy atom. The SMILES string of the molecule is Fc1cccc2c1CC=C2NCC=S. The van der Waals surface area contributed by atoms with E-state index in [4.69, 9.17) is 12.2 Å². The summed E-state index contributed by atoms with van der Waals surface area (Å²) in [5, 5.41) is 4.77. The van der Waals surface area contributed by atoms with Crippen molar-refractivity contribution in [2.75, 3.05) is 6.54 Å². The molecule has 1 aliphatic carbocycles. The molecule has 1 aromatic rings. The van der Waals surface area contributed by atoms with E-state index in [1.54, 1.807) is 11.4 Å². The molecule has 0 fully saturated rings. The van der Waals surface area contributed by atoms with Crippen LogP contribution in [0.2, 0.25) is 0 Å². The molecule has 0 unspecified atom stereocenters. The molecule has 1 N–H and O–H groups in total. The molecule has 0 spiro atoms. The highest BCUT2D eigenvalue weighted by molar-refractivity contribution is 7.79. The molecule has 1 aliphatic rings. The summed E-state index contributed by atoms with van der Waals surface area (Å²) in [6, 6.07) is 5.15. The summed E-state index contributed by atoms with van der Waals surface area (Å²) in [5.74, 6) is -0.127. The zero-order valence-electron chi connectivity index (χ0n) is 7.59. The summed E-state index contributed by atoms with van der Waals surface area (Å²) < 4.78 is 13.3. The molecule has 0 heterocycles. The predicted molar refractivity (Wildman–Crippen MR) is 59.7 cm³/mol. The Balaban J connectivity index is 2.27. The van der Waals surface area contributed by atoms with Crippen molar-refractivity contribution < 1.29 is 4.39 Å². The van der Waals surface area contributed by atoms with E-state index >= 15 is 0 Å². The van der Waals surface area contributed by atoms with Crippen molar-refractivity contribution in [3.63, 3.8) is 0 Å². The number of allylic oxidation sites excluding steroid dienone is 1. The van der Waals surface area contributed by atoms with Gasteiger partial charge >= 0.3 is 0 Å². The Morgan fingerprint density at radius 2 is 2.36 bits per heavy atom. The maximum Gasteiger partial charge on any atom is 0.127 e. The van der Waals surface area contributed by atoms with Crippen molar-refractivity contribution in [3.8, 4) is 0 Å². The van der Waals surface area contributed by atoms with Gasteiger partial charge in [-0.2, -0.15) is 0 Å². The van der Waals surface area contributed by atoms with Gasteiger partial charge < -0.3 is 5.32 Å². The number of halogens is 1. The molecule has 0 aromatic heterocycles. The van der Waals surface area contributed by atoms with Gasteiger partial charge in [-0.3, -0.25) is 0 Å². The molecule has 0 bridgehead atoms. The van der Waals surface area contributed by atoms with E-state index in [0.29, 0.717) is 13.0 Å². The molecule has 2 rings (SSSR count). The lowest BCUT2D eigenvalue weighted by molar-refractivity contribution is 0.615. The van der Waals surface area contributed by atoms with Crippen LogP contribution in [0.15, 0.2) is 24.3 Å². The van der Waals surface area contributed by atoms with E-state index in [2.05, 4.69) is 5.32 Å². The van der Waals surface area contributed by atoms with E-state index in [0.717, 1.165) is 16.8 Å². The first-order chi connectivity index (χ1) is 6.83. The minimum absolute atomic E-state index is 0.127. The predicted octanol–water partition coefficient (Wildman–Crippen LogP) is 2.31. The van der Waals surface area contributed by atoms with Gasteiger partial charge in [0, 0.05) is 23.4 Å². The molecule has 0 saturated carbocycles. The fraction of sp³-hybridized carbons (Fsp3) is 0.182. The summed E-state index contributed by atoms with van der Waals surface area (Å²) >= 11 is 4.72. The van der Waals surface area contributed by atoms with E-state index in [1.165, 1.54) is 6.07 Å². The van der Waals surface area contributed by atoms with Crippen molar-refractivity contribution >= 4 is 23.3 Å². The Bertz CT molecular complexity index is 398. The molecule has 0 aliphatic heterocycles. The van der Waals surface area contributed by atoms with Crippen LogP contribution in [0.25, 0.3) is 5.70 Å². The zero-order chi connectivity index (χ0) is 9.97. The van der Waals surface area contributed by atoms with Crippen LogP contribution in [-0.4, -0.2) is 11.9 Å². The molecular formula is C11H10FNS. The Labute approximate surface area is 87.6 Å². The summed E-state index contributed by atoms with van der Waals surface area (Å²) in [5.41, 5.74) is 2.72. The zero-order valence-corrected chi connectivity index (χ0v) is 8.40. The molecule has 0 radical (unpaired) electrons. The smallest absolute Gasteiger partial charge is 0.127 e. The molecule has 0 saturated heterocycles. The van der Waals surface area contributed by atoms with Crippen LogP contribution in [0.1, 0.15) is 11.1 Å². The molecule has 0 atom stereocenters. The third-order valence-corrected chi connectivity index (χ3v) is 2.46. The average molecular weight is 207 g/mol. The molecule has 0 amide bonds. The summed E-state index contributed by atoms with van der Waals surface area (Å²) in [6.45, 7) is 0.636. The van der Waals surface area contributed by atoms with E-state index in [1.807, 2.05) is 12.1 Å². The molecule has 1 aromatic carbocycles. The van der Waals surface area contributed by atoms with Gasteiger partial charge in [-0.1, -0.05) is 30.4 Å². The van der Waals surface area contributed by atoms with Gasteiger partial charge in [0.25, 0.3) is 0 Å². The van der Waals surface area contributed by atoms with Gasteiger partial charge in [0.05, 0.1) is 0 Å². The van der Waals surface area contributed by atoms with Crippen LogP contribution in [0.4, 0.5) is 4.39 Å². The van der Waals surface area contributed by atoms with Crippen molar-refractivity contribution in [1.82, 2.24) is 5.32 Å². The van der Waals surface area contributed by atoms with Gasteiger partial charge in [0.15, 0.2) is 0 Å². The molecule has 3 heteroatoms. The normalized spacial score (nSPS) is 13.4. The fourth-order valence-corrected chi connectivity index (χ4v) is 1.73. The third-order valence-electron chi connectivity index (χ3n) is 2.30. The number of hydrogen-bond acceptors (Lipinski definition) is 2. The second-order valence-corrected chi connectivity index (χ2v) is 3.47. The monoisotopic (exact) mass is 207 g/mol. The fourth-order valence-electron chi connectivity index (χ4n) is 1.65. The van der Waals surface area contributed by atoms with Crippen molar-refractivity contribution in [1.29, 1.82) is 0 Å². The summed E-state index contributed by atoms with van der Waals surface area (Å²) in [6.07, 6.45) is 2.66. The number of hydrogen-bond donors (Lipinski definition) is 1. The standard InChI is InChI=1S/C11H10FNS/c12-10-3-1-2-9-8(10)4-5-11(9)13-6-7-14/h1-3,5,7,13H,4,6H2. The number of nitrogens with one attached hydrogen (secondary N) is 1. The second-order valence-electron chi connectivity index (χ2n) is 3.14. The highest BCUT2D eigenvalue weighted by atomic mass is 32.1. The van der Waals surface area contributed by atoms with Crippen LogP contribution in [0.3, 0.4) is 0 Å². The van der Waals surface area contributed by atoms with Gasteiger partial charge in [0.2, 0.25) is 0 Å². The minimum atomic E-state index is -0.127. The van der Waals surface area contributed by atoms with Gasteiger partial charge in [-0.15, -0.1) is 0 Å². The van der Waals surface area contributed by atoms with Crippen LogP contribution >= 0.6 is 12.2 Å². The lowest BCUT2D eigenvalue weighted by Crippen LogP contribution is -2.13. The Morgan fingerprint density at radius 3 is 3.14 bits per heavy atom. The second kappa shape index (κ2) is 3.88. The van der Waals surface area contributed by atoms with Crippen molar-refractivity contribution in [2.24, 2.45) is 0 Å². The largest absolute Gasteiger partial charge is 0.380 e. The minimum Gasteiger partial charge on any atom is -0.380 e. The maximum atomic E-state index is 13.3. The summed E-state index contributed by atoms with van der Waals surface area (Å²) in [4.78, 5) is 0. The lowest BCUT2D eigenvalue weighted by atomic mass is 10.1.